The Morgan fingerprint density at radius 1 is 1.00 bits per heavy atom. The molecule has 1 aliphatic rings. The number of alkyl halides is 2. The fourth-order valence-electron chi connectivity index (χ4n) is 0.752. The third kappa shape index (κ3) is 1.68. The van der Waals surface area contributed by atoms with Crippen molar-refractivity contribution in [2.45, 2.75) is 23.6 Å². The standard InChI is InChI=1S/C6H8Cl2/c7-5-1-2-6(8)4-3-5/h1-2,5-6H,3-4H2/t5-,6+. The largest absolute Gasteiger partial charge is 0.118 e. The molecule has 0 saturated heterocycles. The molecular weight excluding hydrogens is 143 g/mol. The monoisotopic (exact) mass is 150 g/mol. The molecule has 0 fully saturated rings. The third-order valence-electron chi connectivity index (χ3n) is 1.25. The highest BCUT2D eigenvalue weighted by molar-refractivity contribution is 6.24. The van der Waals surface area contributed by atoms with Crippen molar-refractivity contribution in [3.8, 4) is 0 Å². The van der Waals surface area contributed by atoms with Crippen molar-refractivity contribution in [2.24, 2.45) is 0 Å². The van der Waals surface area contributed by atoms with Crippen LogP contribution in [0.25, 0.3) is 0 Å². The molecule has 0 aromatic rings. The fourth-order valence-corrected chi connectivity index (χ4v) is 1.17. The fraction of sp³-hybridized carbons (Fsp3) is 0.667. The van der Waals surface area contributed by atoms with Crippen LogP contribution in [0.15, 0.2) is 12.2 Å². The molecule has 1 rings (SSSR count). The Morgan fingerprint density at radius 2 is 1.38 bits per heavy atom. The number of allylic oxidation sites excluding steroid dienone is 2. The van der Waals surface area contributed by atoms with Crippen molar-refractivity contribution in [3.05, 3.63) is 12.2 Å². The number of hydrogen-bond acceptors (Lipinski definition) is 0. The third-order valence-corrected chi connectivity index (χ3v) is 1.97. The maximum Gasteiger partial charge on any atom is 0.0517 e. The summed E-state index contributed by atoms with van der Waals surface area (Å²) in [6.45, 7) is 0. The summed E-state index contributed by atoms with van der Waals surface area (Å²) in [7, 11) is 0. The summed E-state index contributed by atoms with van der Waals surface area (Å²) >= 11 is 11.5. The minimum absolute atomic E-state index is 0.227. The first-order valence-electron chi connectivity index (χ1n) is 2.75. The SMILES string of the molecule is Cl[C@@H]1C=C[C@H](Cl)CC1. The average molecular weight is 151 g/mol. The predicted octanol–water partition coefficient (Wildman–Crippen LogP) is 2.55. The van der Waals surface area contributed by atoms with Gasteiger partial charge in [-0.25, -0.2) is 0 Å². The van der Waals surface area contributed by atoms with Crippen LogP contribution in [0.4, 0.5) is 0 Å². The summed E-state index contributed by atoms with van der Waals surface area (Å²) in [6, 6.07) is 0. The van der Waals surface area contributed by atoms with Crippen molar-refractivity contribution < 1.29 is 0 Å². The zero-order valence-corrected chi connectivity index (χ0v) is 5.99. The van der Waals surface area contributed by atoms with Gasteiger partial charge in [0.15, 0.2) is 0 Å². The van der Waals surface area contributed by atoms with E-state index in [-0.39, 0.29) is 10.8 Å². The van der Waals surface area contributed by atoms with E-state index in [4.69, 9.17) is 23.2 Å². The van der Waals surface area contributed by atoms with Gasteiger partial charge in [-0.15, -0.1) is 23.2 Å². The molecule has 2 heteroatoms. The summed E-state index contributed by atoms with van der Waals surface area (Å²) in [5.74, 6) is 0. The van der Waals surface area contributed by atoms with Crippen molar-refractivity contribution in [1.29, 1.82) is 0 Å². The molecule has 46 valence electrons. The first-order valence-corrected chi connectivity index (χ1v) is 3.63. The first kappa shape index (κ1) is 6.44. The molecule has 0 saturated carbocycles. The number of halogens is 2. The minimum atomic E-state index is 0.227. The van der Waals surface area contributed by atoms with Gasteiger partial charge in [-0.05, 0) is 12.8 Å². The van der Waals surface area contributed by atoms with Gasteiger partial charge >= 0.3 is 0 Å². The van der Waals surface area contributed by atoms with Gasteiger partial charge in [-0.2, -0.15) is 0 Å². The van der Waals surface area contributed by atoms with Crippen LogP contribution in [0, 0.1) is 0 Å². The summed E-state index contributed by atoms with van der Waals surface area (Å²) in [5, 5.41) is 0.454. The highest BCUT2D eigenvalue weighted by atomic mass is 35.5. The second-order valence-electron chi connectivity index (χ2n) is 1.99. The van der Waals surface area contributed by atoms with Gasteiger partial charge in [0.05, 0.1) is 10.8 Å². The topological polar surface area (TPSA) is 0 Å². The molecule has 0 spiro atoms. The van der Waals surface area contributed by atoms with Crippen molar-refractivity contribution >= 4 is 23.2 Å². The molecule has 0 aromatic heterocycles. The predicted molar refractivity (Wildman–Crippen MR) is 37.7 cm³/mol. The Bertz CT molecular complexity index is 86.7. The Morgan fingerprint density at radius 3 is 1.62 bits per heavy atom. The van der Waals surface area contributed by atoms with Crippen LogP contribution in [0.1, 0.15) is 12.8 Å². The van der Waals surface area contributed by atoms with Crippen LogP contribution in [-0.4, -0.2) is 10.8 Å². The quantitative estimate of drug-likeness (QED) is 0.368. The lowest BCUT2D eigenvalue weighted by Crippen LogP contribution is -2.06. The minimum Gasteiger partial charge on any atom is -0.118 e. The average Bonchev–Trinajstić information content (AvgIpc) is 1.77. The van der Waals surface area contributed by atoms with Gasteiger partial charge in [-0.3, -0.25) is 0 Å². The van der Waals surface area contributed by atoms with Crippen molar-refractivity contribution in [3.63, 3.8) is 0 Å². The van der Waals surface area contributed by atoms with Gasteiger partial charge in [0.1, 0.15) is 0 Å². The van der Waals surface area contributed by atoms with E-state index in [1.54, 1.807) is 0 Å². The molecule has 0 unspecified atom stereocenters. The highest BCUT2D eigenvalue weighted by Crippen LogP contribution is 2.19. The van der Waals surface area contributed by atoms with E-state index >= 15 is 0 Å². The van der Waals surface area contributed by atoms with E-state index in [1.165, 1.54) is 0 Å². The van der Waals surface area contributed by atoms with E-state index < -0.39 is 0 Å². The smallest absolute Gasteiger partial charge is 0.0517 e. The van der Waals surface area contributed by atoms with Gasteiger partial charge in [0.25, 0.3) is 0 Å². The van der Waals surface area contributed by atoms with Crippen molar-refractivity contribution in [2.75, 3.05) is 0 Å². The molecule has 0 aromatic carbocycles. The summed E-state index contributed by atoms with van der Waals surface area (Å²) in [5.41, 5.74) is 0. The lowest BCUT2D eigenvalue weighted by Gasteiger charge is -2.12. The summed E-state index contributed by atoms with van der Waals surface area (Å²) in [6.07, 6.45) is 5.96. The first-order chi connectivity index (χ1) is 3.79. The highest BCUT2D eigenvalue weighted by Gasteiger charge is 2.09. The number of hydrogen-bond donors (Lipinski definition) is 0. The molecule has 0 radical (unpaired) electrons. The van der Waals surface area contributed by atoms with Crippen LogP contribution in [-0.2, 0) is 0 Å². The van der Waals surface area contributed by atoms with Crippen LogP contribution in [0.3, 0.4) is 0 Å². The summed E-state index contributed by atoms with van der Waals surface area (Å²) < 4.78 is 0. The lowest BCUT2D eigenvalue weighted by atomic mass is 10.1. The Kier molecular flexibility index (Phi) is 2.21. The summed E-state index contributed by atoms with van der Waals surface area (Å²) in [4.78, 5) is 0. The molecule has 0 aliphatic heterocycles. The van der Waals surface area contributed by atoms with Crippen LogP contribution >= 0.6 is 23.2 Å². The van der Waals surface area contributed by atoms with E-state index in [9.17, 15) is 0 Å². The zero-order valence-electron chi connectivity index (χ0n) is 4.48. The van der Waals surface area contributed by atoms with Crippen LogP contribution in [0.5, 0.6) is 0 Å². The molecule has 0 N–H and O–H groups in total. The molecule has 2 atom stereocenters. The van der Waals surface area contributed by atoms with Crippen LogP contribution in [0.2, 0.25) is 0 Å². The van der Waals surface area contributed by atoms with Gasteiger partial charge in [-0.1, -0.05) is 12.2 Å². The molecule has 0 nitrogen and oxygen atoms in total. The van der Waals surface area contributed by atoms with E-state index in [0.717, 1.165) is 12.8 Å². The lowest BCUT2D eigenvalue weighted by molar-refractivity contribution is 0.741. The number of rotatable bonds is 0. The Balaban J connectivity index is 2.42. The second-order valence-corrected chi connectivity index (χ2v) is 3.12. The zero-order chi connectivity index (χ0) is 5.98. The molecule has 1 aliphatic carbocycles. The normalized spacial score (nSPS) is 37.8. The second kappa shape index (κ2) is 2.75. The van der Waals surface area contributed by atoms with E-state index in [2.05, 4.69) is 0 Å². The van der Waals surface area contributed by atoms with Crippen molar-refractivity contribution in [1.82, 2.24) is 0 Å². The van der Waals surface area contributed by atoms with Gasteiger partial charge in [0.2, 0.25) is 0 Å². The Hall–Kier alpha value is 0.320. The molecule has 0 heterocycles. The van der Waals surface area contributed by atoms with E-state index in [1.807, 2.05) is 12.2 Å². The van der Waals surface area contributed by atoms with Gasteiger partial charge < -0.3 is 0 Å². The molecular formula is C6H8Cl2. The molecule has 0 amide bonds. The van der Waals surface area contributed by atoms with E-state index in [0.29, 0.717) is 0 Å². The van der Waals surface area contributed by atoms with Crippen LogP contribution < -0.4 is 0 Å². The Labute approximate surface area is 59.5 Å². The maximum atomic E-state index is 5.74. The van der Waals surface area contributed by atoms with Gasteiger partial charge in [0, 0.05) is 0 Å². The maximum absolute atomic E-state index is 5.74. The molecule has 8 heavy (non-hydrogen) atoms. The molecule has 0 bridgehead atoms.